The highest BCUT2D eigenvalue weighted by Crippen LogP contribution is 2.24. The maximum atomic E-state index is 13.5. The molecular weight excluding hydrogens is 546 g/mol. The average molecular weight is 588 g/mol. The van der Waals surface area contributed by atoms with Crippen molar-refractivity contribution >= 4 is 17.7 Å². The summed E-state index contributed by atoms with van der Waals surface area (Å²) in [6, 6.07) is 20.9. The topological polar surface area (TPSA) is 138 Å². The summed E-state index contributed by atoms with van der Waals surface area (Å²) < 4.78 is 13.7. The molecule has 2 aromatic carbocycles. The standard InChI is InChI=1S/C33H41N5O5/c34-32(40)27-19-28(33(41)36-26-16-8-10-18-30(26)43-22-24-13-5-2-6-14-24)38(37-27)20-31(39)35-25-15-7-9-17-29(25)42-21-23-11-3-1-4-12-23/h1-6,11-14,19,25-26,29-30H,7-10,15-18,20-22H2,(H2,34,40)(H,35,39)(H,36,41)/t25-,26+,29-,30+/m0/s1. The molecule has 2 saturated carbocycles. The Labute approximate surface area is 252 Å². The fourth-order valence-corrected chi connectivity index (χ4v) is 5.95. The first-order valence-corrected chi connectivity index (χ1v) is 15.2. The second-order valence-corrected chi connectivity index (χ2v) is 11.4. The first-order chi connectivity index (χ1) is 21.0. The van der Waals surface area contributed by atoms with Gasteiger partial charge >= 0.3 is 0 Å². The van der Waals surface area contributed by atoms with Crippen molar-refractivity contribution in [3.8, 4) is 0 Å². The Morgan fingerprint density at radius 1 is 0.767 bits per heavy atom. The minimum atomic E-state index is -0.767. The number of carbonyl (C=O) groups is 3. The van der Waals surface area contributed by atoms with Gasteiger partial charge in [0.1, 0.15) is 12.2 Å². The second kappa shape index (κ2) is 14.9. The zero-order valence-electron chi connectivity index (χ0n) is 24.5. The molecule has 43 heavy (non-hydrogen) atoms. The summed E-state index contributed by atoms with van der Waals surface area (Å²) in [7, 11) is 0. The number of hydrogen-bond acceptors (Lipinski definition) is 6. The van der Waals surface area contributed by atoms with Crippen molar-refractivity contribution in [2.75, 3.05) is 0 Å². The lowest BCUT2D eigenvalue weighted by molar-refractivity contribution is -0.124. The van der Waals surface area contributed by atoms with Crippen LogP contribution in [0.3, 0.4) is 0 Å². The smallest absolute Gasteiger partial charge is 0.269 e. The van der Waals surface area contributed by atoms with Crippen LogP contribution in [0.15, 0.2) is 66.7 Å². The van der Waals surface area contributed by atoms with Crippen molar-refractivity contribution in [1.82, 2.24) is 20.4 Å². The van der Waals surface area contributed by atoms with Crippen molar-refractivity contribution in [3.05, 3.63) is 89.2 Å². The zero-order chi connectivity index (χ0) is 30.0. The van der Waals surface area contributed by atoms with E-state index in [2.05, 4.69) is 15.7 Å². The molecule has 2 aliphatic carbocycles. The van der Waals surface area contributed by atoms with Crippen molar-refractivity contribution in [2.24, 2.45) is 5.73 Å². The Morgan fingerprint density at radius 2 is 1.28 bits per heavy atom. The number of amides is 3. The van der Waals surface area contributed by atoms with Gasteiger partial charge in [-0.2, -0.15) is 5.10 Å². The van der Waals surface area contributed by atoms with Gasteiger partial charge in [0.05, 0.1) is 37.5 Å². The maximum Gasteiger partial charge on any atom is 0.269 e. The highest BCUT2D eigenvalue weighted by Gasteiger charge is 2.31. The van der Waals surface area contributed by atoms with Crippen LogP contribution in [-0.2, 0) is 34.0 Å². The molecule has 0 radical (unpaired) electrons. The number of aromatic nitrogens is 2. The first-order valence-electron chi connectivity index (χ1n) is 15.2. The van der Waals surface area contributed by atoms with Gasteiger partial charge in [-0.15, -0.1) is 0 Å². The summed E-state index contributed by atoms with van der Waals surface area (Å²) in [6.45, 7) is 0.704. The minimum Gasteiger partial charge on any atom is -0.371 e. The van der Waals surface area contributed by atoms with Crippen LogP contribution in [0.1, 0.15) is 83.5 Å². The van der Waals surface area contributed by atoms with Gasteiger partial charge in [-0.1, -0.05) is 86.3 Å². The molecule has 3 aromatic rings. The summed E-state index contributed by atoms with van der Waals surface area (Å²) in [5, 5.41) is 10.4. The van der Waals surface area contributed by atoms with Gasteiger partial charge in [-0.05, 0) is 36.8 Å². The molecule has 4 atom stereocenters. The number of rotatable bonds is 12. The first kappa shape index (κ1) is 30.4. The molecule has 10 heteroatoms. The van der Waals surface area contributed by atoms with Gasteiger partial charge in [0.25, 0.3) is 11.8 Å². The van der Waals surface area contributed by atoms with Gasteiger partial charge in [0, 0.05) is 6.07 Å². The van der Waals surface area contributed by atoms with Crippen molar-refractivity contribution in [3.63, 3.8) is 0 Å². The Morgan fingerprint density at radius 3 is 1.81 bits per heavy atom. The zero-order valence-corrected chi connectivity index (χ0v) is 24.5. The molecule has 0 bridgehead atoms. The van der Waals surface area contributed by atoms with Crippen LogP contribution >= 0.6 is 0 Å². The lowest BCUT2D eigenvalue weighted by atomic mass is 9.92. The Hall–Kier alpha value is -4.02. The fraction of sp³-hybridized carbons (Fsp3) is 0.455. The highest BCUT2D eigenvalue weighted by atomic mass is 16.5. The molecule has 0 aliphatic heterocycles. The quantitative estimate of drug-likeness (QED) is 0.294. The Kier molecular flexibility index (Phi) is 10.6. The van der Waals surface area contributed by atoms with E-state index in [0.29, 0.717) is 13.2 Å². The van der Waals surface area contributed by atoms with E-state index in [1.165, 1.54) is 10.7 Å². The van der Waals surface area contributed by atoms with Gasteiger partial charge in [-0.25, -0.2) is 4.68 Å². The van der Waals surface area contributed by atoms with Crippen LogP contribution in [0.5, 0.6) is 0 Å². The van der Waals surface area contributed by atoms with Crippen LogP contribution in [0.2, 0.25) is 0 Å². The SMILES string of the molecule is NC(=O)c1cc(C(=O)N[C@@H]2CCCC[C@H]2OCc2ccccc2)n(CC(=O)N[C@H]2CCCC[C@@H]2OCc2ccccc2)n1. The summed E-state index contributed by atoms with van der Waals surface area (Å²) >= 11 is 0. The van der Waals surface area contributed by atoms with Gasteiger partial charge in [0.2, 0.25) is 5.91 Å². The molecule has 3 amide bonds. The number of ether oxygens (including phenoxy) is 2. The van der Waals surface area contributed by atoms with E-state index >= 15 is 0 Å². The summed E-state index contributed by atoms with van der Waals surface area (Å²) in [5.41, 5.74) is 7.68. The number of carbonyl (C=O) groups excluding carboxylic acids is 3. The van der Waals surface area contributed by atoms with Crippen molar-refractivity contribution in [1.29, 1.82) is 0 Å². The molecule has 1 aromatic heterocycles. The molecule has 0 unspecified atom stereocenters. The molecule has 0 spiro atoms. The van der Waals surface area contributed by atoms with E-state index in [1.807, 2.05) is 60.7 Å². The number of nitrogens with zero attached hydrogens (tertiary/aromatic N) is 2. The van der Waals surface area contributed by atoms with Crippen molar-refractivity contribution in [2.45, 2.75) is 95.4 Å². The lowest BCUT2D eigenvalue weighted by Crippen LogP contribution is -2.48. The van der Waals surface area contributed by atoms with E-state index in [1.54, 1.807) is 0 Å². The molecule has 5 rings (SSSR count). The van der Waals surface area contributed by atoms with Crippen LogP contribution in [-0.4, -0.2) is 51.8 Å². The summed E-state index contributed by atoms with van der Waals surface area (Å²) in [4.78, 5) is 38.7. The van der Waals surface area contributed by atoms with Crippen LogP contribution in [0, 0.1) is 0 Å². The number of nitrogens with two attached hydrogens (primary N) is 1. The van der Waals surface area contributed by atoms with Gasteiger partial charge < -0.3 is 25.8 Å². The van der Waals surface area contributed by atoms with Crippen LogP contribution in [0.25, 0.3) is 0 Å². The molecule has 2 fully saturated rings. The lowest BCUT2D eigenvalue weighted by Gasteiger charge is -2.32. The second-order valence-electron chi connectivity index (χ2n) is 11.4. The molecular formula is C33H41N5O5. The fourth-order valence-electron chi connectivity index (χ4n) is 5.95. The van der Waals surface area contributed by atoms with Crippen molar-refractivity contribution < 1.29 is 23.9 Å². The van der Waals surface area contributed by atoms with E-state index in [4.69, 9.17) is 15.2 Å². The normalized spacial score (nSPS) is 22.0. The van der Waals surface area contributed by atoms with Crippen LogP contribution < -0.4 is 16.4 Å². The van der Waals surface area contributed by atoms with Crippen LogP contribution in [0.4, 0.5) is 0 Å². The largest absolute Gasteiger partial charge is 0.371 e. The third-order valence-corrected chi connectivity index (χ3v) is 8.24. The number of hydrogen-bond donors (Lipinski definition) is 3. The number of benzene rings is 2. The third-order valence-electron chi connectivity index (χ3n) is 8.24. The third kappa shape index (κ3) is 8.52. The van der Waals surface area contributed by atoms with Gasteiger partial charge in [-0.3, -0.25) is 14.4 Å². The molecule has 228 valence electrons. The van der Waals surface area contributed by atoms with E-state index in [9.17, 15) is 14.4 Å². The maximum absolute atomic E-state index is 13.5. The highest BCUT2D eigenvalue weighted by molar-refractivity contribution is 5.97. The predicted molar refractivity (Wildman–Crippen MR) is 161 cm³/mol. The Balaban J connectivity index is 1.22. The molecule has 4 N–H and O–H groups in total. The van der Waals surface area contributed by atoms with E-state index < -0.39 is 11.8 Å². The molecule has 2 aliphatic rings. The average Bonchev–Trinajstić information content (AvgIpc) is 3.45. The van der Waals surface area contributed by atoms with E-state index in [-0.39, 0.29) is 48.1 Å². The number of nitrogens with one attached hydrogen (secondary N) is 2. The predicted octanol–water partition coefficient (Wildman–Crippen LogP) is 3.88. The van der Waals surface area contributed by atoms with E-state index in [0.717, 1.165) is 62.5 Å². The molecule has 0 saturated heterocycles. The monoisotopic (exact) mass is 587 g/mol. The molecule has 1 heterocycles. The Bertz CT molecular complexity index is 1360. The number of primary amides is 1. The minimum absolute atomic E-state index is 0.0693. The van der Waals surface area contributed by atoms with Gasteiger partial charge in [0.15, 0.2) is 5.69 Å². The molecule has 10 nitrogen and oxygen atoms in total. The summed E-state index contributed by atoms with van der Waals surface area (Å²) in [6.07, 6.45) is 7.03. The summed E-state index contributed by atoms with van der Waals surface area (Å²) in [5.74, 6) is -1.50.